The van der Waals surface area contributed by atoms with Crippen LogP contribution in [0.1, 0.15) is 15.2 Å². The highest BCUT2D eigenvalue weighted by molar-refractivity contribution is 7.12. The first-order valence-corrected chi connectivity index (χ1v) is 5.74. The molecular formula is C12H6ClNOS. The van der Waals surface area contributed by atoms with E-state index in [1.54, 1.807) is 24.3 Å². The Morgan fingerprint density at radius 3 is 2.75 bits per heavy atom. The van der Waals surface area contributed by atoms with E-state index in [9.17, 15) is 4.79 Å². The maximum atomic E-state index is 10.6. The molecular weight excluding hydrogens is 242 g/mol. The van der Waals surface area contributed by atoms with Crippen LogP contribution in [0.15, 0.2) is 29.6 Å². The van der Waals surface area contributed by atoms with Crippen LogP contribution in [0.3, 0.4) is 0 Å². The van der Waals surface area contributed by atoms with E-state index in [1.807, 2.05) is 11.4 Å². The fraction of sp³-hybridized carbons (Fsp3) is 0. The maximum absolute atomic E-state index is 10.6. The quantitative estimate of drug-likeness (QED) is 0.759. The van der Waals surface area contributed by atoms with Crippen LogP contribution in [0.25, 0.3) is 11.1 Å². The molecule has 2 aromatic rings. The number of hydrogen-bond acceptors (Lipinski definition) is 3. The lowest BCUT2D eigenvalue weighted by atomic mass is 10.1. The highest BCUT2D eigenvalue weighted by Crippen LogP contribution is 2.31. The van der Waals surface area contributed by atoms with E-state index in [0.717, 1.165) is 17.4 Å². The van der Waals surface area contributed by atoms with Gasteiger partial charge in [-0.2, -0.15) is 5.26 Å². The fourth-order valence-electron chi connectivity index (χ4n) is 1.37. The van der Waals surface area contributed by atoms with Crippen LogP contribution < -0.4 is 0 Å². The molecule has 0 spiro atoms. The Bertz CT molecular complexity index is 583. The van der Waals surface area contributed by atoms with Gasteiger partial charge in [0.25, 0.3) is 0 Å². The van der Waals surface area contributed by atoms with Crippen molar-refractivity contribution in [3.05, 3.63) is 45.1 Å². The summed E-state index contributed by atoms with van der Waals surface area (Å²) in [5, 5.41) is 11.1. The zero-order valence-electron chi connectivity index (χ0n) is 8.11. The van der Waals surface area contributed by atoms with Crippen molar-refractivity contribution in [1.29, 1.82) is 5.26 Å². The molecule has 0 N–H and O–H groups in total. The summed E-state index contributed by atoms with van der Waals surface area (Å²) in [7, 11) is 0. The molecule has 0 bridgehead atoms. The minimum atomic E-state index is 0.522. The summed E-state index contributed by atoms with van der Waals surface area (Å²) in [6, 6.07) is 8.92. The van der Waals surface area contributed by atoms with Crippen molar-refractivity contribution in [2.45, 2.75) is 0 Å². The molecule has 0 aliphatic carbocycles. The Balaban J connectivity index is 2.48. The minimum absolute atomic E-state index is 0.522. The van der Waals surface area contributed by atoms with E-state index in [4.69, 9.17) is 16.9 Å². The number of hydrogen-bond donors (Lipinski definition) is 0. The van der Waals surface area contributed by atoms with Crippen LogP contribution in [-0.2, 0) is 0 Å². The molecule has 1 aromatic heterocycles. The van der Waals surface area contributed by atoms with E-state index >= 15 is 0 Å². The second kappa shape index (κ2) is 4.48. The van der Waals surface area contributed by atoms with Gasteiger partial charge in [0.05, 0.1) is 16.5 Å². The van der Waals surface area contributed by atoms with Crippen molar-refractivity contribution in [2.24, 2.45) is 0 Å². The average molecular weight is 248 g/mol. The van der Waals surface area contributed by atoms with Crippen molar-refractivity contribution in [1.82, 2.24) is 0 Å². The standard InChI is InChI=1S/C12H6ClNOS/c13-12-3-8(5-14)1-2-11(12)9-4-10(6-15)16-7-9/h1-4,6-7H. The Kier molecular flexibility index (Phi) is 3.04. The van der Waals surface area contributed by atoms with E-state index < -0.39 is 0 Å². The van der Waals surface area contributed by atoms with Crippen molar-refractivity contribution < 1.29 is 4.79 Å². The highest BCUT2D eigenvalue weighted by Gasteiger charge is 2.06. The van der Waals surface area contributed by atoms with Crippen molar-refractivity contribution in [3.63, 3.8) is 0 Å². The summed E-state index contributed by atoms with van der Waals surface area (Å²) in [6.07, 6.45) is 0.811. The Labute approximate surface area is 102 Å². The zero-order chi connectivity index (χ0) is 11.5. The normalized spacial score (nSPS) is 9.75. The number of halogens is 1. The molecule has 1 heterocycles. The van der Waals surface area contributed by atoms with Gasteiger partial charge in [0.1, 0.15) is 0 Å². The van der Waals surface area contributed by atoms with Gasteiger partial charge in [-0.3, -0.25) is 4.79 Å². The first kappa shape index (κ1) is 10.9. The third-order valence-electron chi connectivity index (χ3n) is 2.15. The van der Waals surface area contributed by atoms with Gasteiger partial charge in [-0.1, -0.05) is 17.7 Å². The van der Waals surface area contributed by atoms with Gasteiger partial charge in [-0.25, -0.2) is 0 Å². The van der Waals surface area contributed by atoms with Gasteiger partial charge in [0.15, 0.2) is 6.29 Å². The zero-order valence-corrected chi connectivity index (χ0v) is 9.68. The van der Waals surface area contributed by atoms with Gasteiger partial charge in [0.2, 0.25) is 0 Å². The molecule has 1 aromatic carbocycles. The summed E-state index contributed by atoms with van der Waals surface area (Å²) in [5.41, 5.74) is 2.27. The summed E-state index contributed by atoms with van der Waals surface area (Å²) >= 11 is 7.43. The van der Waals surface area contributed by atoms with Crippen molar-refractivity contribution in [2.75, 3.05) is 0 Å². The lowest BCUT2D eigenvalue weighted by Gasteiger charge is -2.01. The fourth-order valence-corrected chi connectivity index (χ4v) is 2.37. The first-order valence-electron chi connectivity index (χ1n) is 4.48. The summed E-state index contributed by atoms with van der Waals surface area (Å²) in [5.74, 6) is 0. The van der Waals surface area contributed by atoms with Crippen LogP contribution >= 0.6 is 22.9 Å². The minimum Gasteiger partial charge on any atom is -0.297 e. The van der Waals surface area contributed by atoms with Gasteiger partial charge in [-0.05, 0) is 29.1 Å². The predicted octanol–water partition coefficient (Wildman–Crippen LogP) is 3.75. The molecule has 0 fully saturated rings. The van der Waals surface area contributed by atoms with Crippen LogP contribution in [-0.4, -0.2) is 6.29 Å². The number of carbonyl (C=O) groups excluding carboxylic acids is 1. The van der Waals surface area contributed by atoms with E-state index in [2.05, 4.69) is 0 Å². The van der Waals surface area contributed by atoms with Crippen LogP contribution in [0.5, 0.6) is 0 Å². The van der Waals surface area contributed by atoms with Crippen molar-refractivity contribution in [3.8, 4) is 17.2 Å². The van der Waals surface area contributed by atoms with E-state index in [0.29, 0.717) is 15.5 Å². The summed E-state index contributed by atoms with van der Waals surface area (Å²) in [6.45, 7) is 0. The molecule has 2 rings (SSSR count). The molecule has 0 radical (unpaired) electrons. The molecule has 16 heavy (non-hydrogen) atoms. The maximum Gasteiger partial charge on any atom is 0.160 e. The van der Waals surface area contributed by atoms with Crippen molar-refractivity contribution >= 4 is 29.2 Å². The lowest BCUT2D eigenvalue weighted by Crippen LogP contribution is -1.79. The van der Waals surface area contributed by atoms with Gasteiger partial charge in [0, 0.05) is 10.6 Å². The predicted molar refractivity (Wildman–Crippen MR) is 64.9 cm³/mol. The number of benzene rings is 1. The molecule has 0 atom stereocenters. The third-order valence-corrected chi connectivity index (χ3v) is 3.32. The van der Waals surface area contributed by atoms with E-state index in [1.165, 1.54) is 11.3 Å². The second-order valence-corrected chi connectivity index (χ2v) is 4.51. The number of aldehydes is 1. The molecule has 0 unspecified atom stereocenters. The largest absolute Gasteiger partial charge is 0.297 e. The number of thiophene rings is 1. The molecule has 0 saturated heterocycles. The smallest absolute Gasteiger partial charge is 0.160 e. The number of nitrogens with zero attached hydrogens (tertiary/aromatic N) is 1. The molecule has 0 amide bonds. The first-order chi connectivity index (χ1) is 7.74. The molecule has 0 aliphatic heterocycles. The van der Waals surface area contributed by atoms with Crippen LogP contribution in [0.4, 0.5) is 0 Å². The highest BCUT2D eigenvalue weighted by atomic mass is 35.5. The monoisotopic (exact) mass is 247 g/mol. The summed E-state index contributed by atoms with van der Waals surface area (Å²) < 4.78 is 0. The molecule has 0 aliphatic rings. The lowest BCUT2D eigenvalue weighted by molar-refractivity contribution is 0.112. The van der Waals surface area contributed by atoms with Gasteiger partial charge >= 0.3 is 0 Å². The van der Waals surface area contributed by atoms with E-state index in [-0.39, 0.29) is 0 Å². The molecule has 4 heteroatoms. The molecule has 78 valence electrons. The van der Waals surface area contributed by atoms with Gasteiger partial charge in [-0.15, -0.1) is 11.3 Å². The Morgan fingerprint density at radius 1 is 1.38 bits per heavy atom. The van der Waals surface area contributed by atoms with Crippen LogP contribution in [0, 0.1) is 11.3 Å². The number of nitriles is 1. The molecule has 0 saturated carbocycles. The number of carbonyl (C=O) groups is 1. The summed E-state index contributed by atoms with van der Waals surface area (Å²) in [4.78, 5) is 11.2. The average Bonchev–Trinajstić information content (AvgIpc) is 2.77. The Hall–Kier alpha value is -1.63. The molecule has 2 nitrogen and oxygen atoms in total. The van der Waals surface area contributed by atoms with Crippen LogP contribution in [0.2, 0.25) is 5.02 Å². The Morgan fingerprint density at radius 2 is 2.19 bits per heavy atom. The second-order valence-electron chi connectivity index (χ2n) is 3.16. The van der Waals surface area contributed by atoms with Gasteiger partial charge < -0.3 is 0 Å². The third kappa shape index (κ3) is 1.99. The SMILES string of the molecule is N#Cc1ccc(-c2csc(C=O)c2)c(Cl)c1. The topological polar surface area (TPSA) is 40.9 Å². The number of rotatable bonds is 2.